The van der Waals surface area contributed by atoms with Gasteiger partial charge in [-0.15, -0.1) is 0 Å². The van der Waals surface area contributed by atoms with Gasteiger partial charge in [0.05, 0.1) is 25.9 Å². The summed E-state index contributed by atoms with van der Waals surface area (Å²) in [6.07, 6.45) is 3.96. The summed E-state index contributed by atoms with van der Waals surface area (Å²) in [6, 6.07) is 6.78. The van der Waals surface area contributed by atoms with E-state index in [9.17, 15) is 9.18 Å². The quantitative estimate of drug-likeness (QED) is 0.366. The van der Waals surface area contributed by atoms with Gasteiger partial charge in [-0.3, -0.25) is 4.79 Å². The number of nitrogens with one attached hydrogen (secondary N) is 3. The predicted octanol–water partition coefficient (Wildman–Crippen LogP) is 3.90. The molecule has 2 aromatic heterocycles. The third-order valence-corrected chi connectivity index (χ3v) is 5.28. The molecule has 34 heavy (non-hydrogen) atoms. The molecule has 0 saturated heterocycles. The molecule has 1 aromatic carbocycles. The number of aromatic nitrogens is 3. The molecule has 0 fully saturated rings. The number of hydrogen-bond acceptors (Lipinski definition) is 8. The molecule has 1 atom stereocenters. The summed E-state index contributed by atoms with van der Waals surface area (Å²) in [5, 5.41) is 9.41. The average Bonchev–Trinajstić information content (AvgIpc) is 2.83. The first-order valence-electron chi connectivity index (χ1n) is 11.2. The highest BCUT2D eigenvalue weighted by atomic mass is 19.1. The second-order valence-corrected chi connectivity index (χ2v) is 7.87. The van der Waals surface area contributed by atoms with Crippen LogP contribution in [0.4, 0.5) is 16.2 Å². The van der Waals surface area contributed by atoms with Crippen molar-refractivity contribution in [3.05, 3.63) is 41.8 Å². The lowest BCUT2D eigenvalue weighted by Crippen LogP contribution is -2.35. The summed E-state index contributed by atoms with van der Waals surface area (Å²) < 4.78 is 24.6. The van der Waals surface area contributed by atoms with Crippen LogP contribution in [0.5, 0.6) is 11.5 Å². The third kappa shape index (κ3) is 6.66. The number of methoxy groups -OCH3 is 2. The van der Waals surface area contributed by atoms with Crippen molar-refractivity contribution in [2.75, 3.05) is 31.4 Å². The number of hydrogen-bond donors (Lipinski definition) is 3. The minimum atomic E-state index is -0.485. The van der Waals surface area contributed by atoms with Crippen LogP contribution in [-0.4, -0.2) is 47.7 Å². The van der Waals surface area contributed by atoms with Gasteiger partial charge in [0.1, 0.15) is 22.8 Å². The minimum absolute atomic E-state index is 0.0664. The number of anilines is 2. The monoisotopic (exact) mass is 470 g/mol. The molecule has 9 nitrogen and oxygen atoms in total. The standard InChI is InChI=1S/C24H31FN6O3/c1-5-6-7-18(14-26-15(2)32)29-23-22-20(10-17(25)13-27-22)30-24(31-23)28-12-16-8-9-19(33-3)11-21(16)34-4/h8-11,13,18H,5-7,12,14H2,1-4H3,(H,26,32)(H2,28,29,30,31)/t18-/m1/s1. The van der Waals surface area contributed by atoms with Gasteiger partial charge in [0.25, 0.3) is 0 Å². The zero-order chi connectivity index (χ0) is 24.5. The number of benzene rings is 1. The van der Waals surface area contributed by atoms with Crippen LogP contribution in [0.25, 0.3) is 11.0 Å². The van der Waals surface area contributed by atoms with Crippen molar-refractivity contribution in [3.8, 4) is 11.5 Å². The largest absolute Gasteiger partial charge is 0.497 e. The van der Waals surface area contributed by atoms with Crippen LogP contribution in [0, 0.1) is 5.82 Å². The van der Waals surface area contributed by atoms with Gasteiger partial charge in [-0.05, 0) is 18.6 Å². The summed E-state index contributed by atoms with van der Waals surface area (Å²) in [5.74, 6) is 1.55. The summed E-state index contributed by atoms with van der Waals surface area (Å²) >= 11 is 0. The molecule has 3 rings (SSSR count). The molecule has 0 radical (unpaired) electrons. The Labute approximate surface area is 198 Å². The maximum Gasteiger partial charge on any atom is 0.225 e. The topological polar surface area (TPSA) is 110 Å². The molecule has 0 aliphatic carbocycles. The molecular weight excluding hydrogens is 439 g/mol. The lowest BCUT2D eigenvalue weighted by molar-refractivity contribution is -0.119. The molecule has 0 aliphatic heterocycles. The van der Waals surface area contributed by atoms with E-state index in [0.29, 0.717) is 47.4 Å². The van der Waals surface area contributed by atoms with E-state index in [1.807, 2.05) is 12.1 Å². The van der Waals surface area contributed by atoms with Crippen LogP contribution in [0.2, 0.25) is 0 Å². The van der Waals surface area contributed by atoms with E-state index in [1.54, 1.807) is 20.3 Å². The van der Waals surface area contributed by atoms with E-state index < -0.39 is 5.82 Å². The first-order valence-corrected chi connectivity index (χ1v) is 11.2. The number of carbonyl (C=O) groups excluding carboxylic acids is 1. The molecule has 1 amide bonds. The highest BCUT2D eigenvalue weighted by molar-refractivity contribution is 5.86. The van der Waals surface area contributed by atoms with Crippen LogP contribution >= 0.6 is 0 Å². The molecule has 3 aromatic rings. The van der Waals surface area contributed by atoms with Gasteiger partial charge in [-0.25, -0.2) is 14.4 Å². The van der Waals surface area contributed by atoms with Crippen LogP contribution in [0.15, 0.2) is 30.5 Å². The first-order chi connectivity index (χ1) is 16.4. The molecule has 2 heterocycles. The SMILES string of the molecule is CCCC[C@H](CNC(C)=O)Nc1nc(NCc2ccc(OC)cc2OC)nc2cc(F)cnc12. The number of carbonyl (C=O) groups is 1. The third-order valence-electron chi connectivity index (χ3n) is 5.28. The molecule has 10 heteroatoms. The van der Waals surface area contributed by atoms with Gasteiger partial charge in [0.15, 0.2) is 5.82 Å². The number of halogens is 1. The van der Waals surface area contributed by atoms with Crippen molar-refractivity contribution < 1.29 is 18.7 Å². The van der Waals surface area contributed by atoms with E-state index in [2.05, 4.69) is 37.8 Å². The lowest BCUT2D eigenvalue weighted by Gasteiger charge is -2.20. The van der Waals surface area contributed by atoms with E-state index in [0.717, 1.165) is 31.0 Å². The van der Waals surface area contributed by atoms with Gasteiger partial charge in [0, 0.05) is 43.8 Å². The Morgan fingerprint density at radius 2 is 2.00 bits per heavy atom. The van der Waals surface area contributed by atoms with Crippen LogP contribution < -0.4 is 25.4 Å². The van der Waals surface area contributed by atoms with Gasteiger partial charge in [-0.2, -0.15) is 4.98 Å². The fourth-order valence-corrected chi connectivity index (χ4v) is 3.48. The fraction of sp³-hybridized carbons (Fsp3) is 0.417. The van der Waals surface area contributed by atoms with Crippen molar-refractivity contribution in [1.29, 1.82) is 0 Å². The Bertz CT molecular complexity index is 1130. The number of fused-ring (bicyclic) bond motifs is 1. The molecular formula is C24H31FN6O3. The number of nitrogens with zero attached hydrogens (tertiary/aromatic N) is 3. The maximum atomic E-state index is 13.9. The number of amides is 1. The van der Waals surface area contributed by atoms with Crippen LogP contribution in [0.3, 0.4) is 0 Å². The second-order valence-electron chi connectivity index (χ2n) is 7.87. The summed E-state index contributed by atoms with van der Waals surface area (Å²) in [4.78, 5) is 24.7. The molecule has 3 N–H and O–H groups in total. The first kappa shape index (κ1) is 24.9. The number of rotatable bonds is 12. The van der Waals surface area contributed by atoms with Crippen molar-refractivity contribution >= 4 is 28.7 Å². The zero-order valence-electron chi connectivity index (χ0n) is 19.9. The zero-order valence-corrected chi connectivity index (χ0v) is 19.9. The van der Waals surface area contributed by atoms with Crippen LogP contribution in [-0.2, 0) is 11.3 Å². The molecule has 0 bridgehead atoms. The van der Waals surface area contributed by atoms with E-state index in [1.165, 1.54) is 13.0 Å². The number of unbranched alkanes of at least 4 members (excludes halogenated alkanes) is 1. The Balaban J connectivity index is 1.88. The highest BCUT2D eigenvalue weighted by Gasteiger charge is 2.16. The number of ether oxygens (including phenoxy) is 2. The normalized spacial score (nSPS) is 11.7. The minimum Gasteiger partial charge on any atom is -0.497 e. The summed E-state index contributed by atoms with van der Waals surface area (Å²) in [5.41, 5.74) is 1.71. The Kier molecular flexibility index (Phi) is 8.78. The van der Waals surface area contributed by atoms with Crippen molar-refractivity contribution in [2.24, 2.45) is 0 Å². The van der Waals surface area contributed by atoms with Gasteiger partial charge >= 0.3 is 0 Å². The molecule has 182 valence electrons. The Morgan fingerprint density at radius 3 is 2.71 bits per heavy atom. The second kappa shape index (κ2) is 12.0. The predicted molar refractivity (Wildman–Crippen MR) is 130 cm³/mol. The Morgan fingerprint density at radius 1 is 1.18 bits per heavy atom. The van der Waals surface area contributed by atoms with Crippen LogP contribution in [0.1, 0.15) is 38.7 Å². The lowest BCUT2D eigenvalue weighted by atomic mass is 10.1. The summed E-state index contributed by atoms with van der Waals surface area (Å²) in [7, 11) is 3.18. The fourth-order valence-electron chi connectivity index (χ4n) is 3.48. The molecule has 0 saturated carbocycles. The average molecular weight is 471 g/mol. The van der Waals surface area contributed by atoms with Gasteiger partial charge in [-0.1, -0.05) is 19.8 Å². The van der Waals surface area contributed by atoms with E-state index in [4.69, 9.17) is 9.47 Å². The molecule has 0 spiro atoms. The highest BCUT2D eigenvalue weighted by Crippen LogP contribution is 2.26. The summed E-state index contributed by atoms with van der Waals surface area (Å²) in [6.45, 7) is 4.41. The van der Waals surface area contributed by atoms with E-state index >= 15 is 0 Å². The maximum absolute atomic E-state index is 13.9. The molecule has 0 aliphatic rings. The van der Waals surface area contributed by atoms with Crippen molar-refractivity contribution in [2.45, 2.75) is 45.7 Å². The van der Waals surface area contributed by atoms with Gasteiger partial charge in [0.2, 0.25) is 11.9 Å². The van der Waals surface area contributed by atoms with Gasteiger partial charge < -0.3 is 25.4 Å². The van der Waals surface area contributed by atoms with Crippen molar-refractivity contribution in [3.63, 3.8) is 0 Å². The van der Waals surface area contributed by atoms with Crippen molar-refractivity contribution in [1.82, 2.24) is 20.3 Å². The molecule has 0 unspecified atom stereocenters. The Hall–Kier alpha value is -3.69. The smallest absolute Gasteiger partial charge is 0.225 e. The van der Waals surface area contributed by atoms with E-state index in [-0.39, 0.29) is 11.9 Å². The number of pyridine rings is 1.